The van der Waals surface area contributed by atoms with E-state index >= 15 is 0 Å². The highest BCUT2D eigenvalue weighted by Crippen LogP contribution is 2.22. The highest BCUT2D eigenvalue weighted by Gasteiger charge is 2.09. The van der Waals surface area contributed by atoms with Crippen LogP contribution in [0.15, 0.2) is 60.9 Å². The van der Waals surface area contributed by atoms with E-state index in [1.807, 2.05) is 48.5 Å². The molecule has 0 aliphatic rings. The number of aliphatic carboxylic acids is 1. The van der Waals surface area contributed by atoms with Crippen LogP contribution in [0.25, 0.3) is 11.1 Å². The minimum atomic E-state index is -0.888. The number of ether oxygens (including phenoxy) is 1. The Balaban J connectivity index is 1.55. The van der Waals surface area contributed by atoms with Crippen LogP contribution in [0.1, 0.15) is 12.0 Å². The maximum absolute atomic E-state index is 11.0. The smallest absolute Gasteiger partial charge is 0.317 e. The summed E-state index contributed by atoms with van der Waals surface area (Å²) in [7, 11) is 1.64. The molecule has 0 spiro atoms. The van der Waals surface area contributed by atoms with Crippen molar-refractivity contribution in [2.75, 3.05) is 32.1 Å². The van der Waals surface area contributed by atoms with E-state index in [4.69, 9.17) is 15.1 Å². The molecule has 0 saturated heterocycles. The lowest BCUT2D eigenvalue weighted by atomic mass is 10.1. The van der Waals surface area contributed by atoms with E-state index in [2.05, 4.69) is 21.4 Å². The quantitative estimate of drug-likeness (QED) is 0.472. The van der Waals surface area contributed by atoms with Crippen molar-refractivity contribution in [1.29, 1.82) is 5.26 Å². The molecule has 1 aromatic heterocycles. The predicted octanol–water partition coefficient (Wildman–Crippen LogP) is 3.74. The number of carboxylic acid groups (broad SMARTS) is 1. The van der Waals surface area contributed by atoms with Gasteiger partial charge in [0.05, 0.1) is 19.7 Å². The van der Waals surface area contributed by atoms with Crippen molar-refractivity contribution in [3.05, 3.63) is 66.5 Å². The lowest BCUT2D eigenvalue weighted by Crippen LogP contribution is -2.32. The van der Waals surface area contributed by atoms with Gasteiger partial charge in [-0.25, -0.2) is 9.97 Å². The maximum Gasteiger partial charge on any atom is 0.317 e. The number of nitriles is 1. The van der Waals surface area contributed by atoms with Crippen LogP contribution in [0.4, 0.5) is 11.6 Å². The van der Waals surface area contributed by atoms with E-state index in [0.29, 0.717) is 31.9 Å². The summed E-state index contributed by atoms with van der Waals surface area (Å²) >= 11 is 0. The molecule has 0 unspecified atom stereocenters. The van der Waals surface area contributed by atoms with Gasteiger partial charge in [0.15, 0.2) is 0 Å². The van der Waals surface area contributed by atoms with Gasteiger partial charge in [-0.05, 0) is 41.8 Å². The summed E-state index contributed by atoms with van der Waals surface area (Å²) in [5, 5.41) is 20.9. The highest BCUT2D eigenvalue weighted by molar-refractivity contribution is 5.69. The molecule has 32 heavy (non-hydrogen) atoms. The summed E-state index contributed by atoms with van der Waals surface area (Å²) in [6, 6.07) is 17.6. The van der Waals surface area contributed by atoms with Crippen LogP contribution in [-0.2, 0) is 11.2 Å². The van der Waals surface area contributed by atoms with Crippen molar-refractivity contribution >= 4 is 17.6 Å². The van der Waals surface area contributed by atoms with Crippen LogP contribution in [-0.4, -0.2) is 52.7 Å². The summed E-state index contributed by atoms with van der Waals surface area (Å²) < 4.78 is 5.18. The summed E-state index contributed by atoms with van der Waals surface area (Å²) in [6.07, 6.45) is 4.55. The van der Waals surface area contributed by atoms with Gasteiger partial charge in [0.2, 0.25) is 5.95 Å². The molecule has 3 aromatic rings. The number of hydrogen-bond acceptors (Lipinski definition) is 7. The van der Waals surface area contributed by atoms with Gasteiger partial charge in [0, 0.05) is 43.2 Å². The van der Waals surface area contributed by atoms with Gasteiger partial charge in [0.25, 0.3) is 0 Å². The third-order valence-corrected chi connectivity index (χ3v) is 4.90. The molecule has 0 bridgehead atoms. The monoisotopic (exact) mass is 431 g/mol. The van der Waals surface area contributed by atoms with Crippen LogP contribution in [0.3, 0.4) is 0 Å². The van der Waals surface area contributed by atoms with Gasteiger partial charge < -0.3 is 15.2 Å². The molecule has 0 fully saturated rings. The first-order valence-corrected chi connectivity index (χ1v) is 10.2. The fourth-order valence-corrected chi connectivity index (χ4v) is 3.17. The number of aromatic nitrogens is 2. The van der Waals surface area contributed by atoms with Gasteiger partial charge >= 0.3 is 5.97 Å². The van der Waals surface area contributed by atoms with Gasteiger partial charge in [0.1, 0.15) is 5.75 Å². The molecule has 2 aromatic carbocycles. The number of methoxy groups -OCH3 is 1. The lowest BCUT2D eigenvalue weighted by molar-refractivity contribution is -0.138. The van der Waals surface area contributed by atoms with E-state index in [-0.39, 0.29) is 6.54 Å². The Morgan fingerprint density at radius 1 is 1.06 bits per heavy atom. The van der Waals surface area contributed by atoms with E-state index in [0.717, 1.165) is 28.1 Å². The first-order chi connectivity index (χ1) is 15.6. The third-order valence-electron chi connectivity index (χ3n) is 4.90. The highest BCUT2D eigenvalue weighted by atomic mass is 16.5. The molecule has 164 valence electrons. The van der Waals surface area contributed by atoms with Crippen molar-refractivity contribution in [2.24, 2.45) is 0 Å². The molecule has 0 atom stereocenters. The second-order valence-corrected chi connectivity index (χ2v) is 7.17. The van der Waals surface area contributed by atoms with Crippen molar-refractivity contribution in [2.45, 2.75) is 12.8 Å². The summed E-state index contributed by atoms with van der Waals surface area (Å²) in [5.41, 5.74) is 3.86. The zero-order valence-corrected chi connectivity index (χ0v) is 17.9. The SMILES string of the molecule is COc1ccc(-c2cnc(Nc3ccc(CCN(CCC#N)CC(=O)O)cc3)nc2)cc1. The van der Waals surface area contributed by atoms with Crippen molar-refractivity contribution in [1.82, 2.24) is 14.9 Å². The molecular weight excluding hydrogens is 406 g/mol. The molecule has 1 heterocycles. The second-order valence-electron chi connectivity index (χ2n) is 7.17. The first kappa shape index (κ1) is 22.7. The number of anilines is 2. The Bertz CT molecular complexity index is 1040. The molecular formula is C24H25N5O3. The molecule has 0 saturated carbocycles. The minimum Gasteiger partial charge on any atom is -0.497 e. The summed E-state index contributed by atoms with van der Waals surface area (Å²) in [6.45, 7) is 0.966. The Labute approximate surface area is 187 Å². The van der Waals surface area contributed by atoms with E-state index in [9.17, 15) is 4.79 Å². The summed E-state index contributed by atoms with van der Waals surface area (Å²) in [5.74, 6) is 0.410. The fourth-order valence-electron chi connectivity index (χ4n) is 3.17. The molecule has 0 amide bonds. The van der Waals surface area contributed by atoms with Crippen molar-refractivity contribution in [3.8, 4) is 22.9 Å². The fraction of sp³-hybridized carbons (Fsp3) is 0.250. The van der Waals surface area contributed by atoms with Gasteiger partial charge in [-0.15, -0.1) is 0 Å². The average molecular weight is 431 g/mol. The number of nitrogens with one attached hydrogen (secondary N) is 1. The zero-order valence-electron chi connectivity index (χ0n) is 17.9. The molecule has 3 rings (SSSR count). The lowest BCUT2D eigenvalue weighted by Gasteiger charge is -2.18. The summed E-state index contributed by atoms with van der Waals surface area (Å²) in [4.78, 5) is 21.5. The second kappa shape index (κ2) is 11.4. The Morgan fingerprint density at radius 3 is 2.34 bits per heavy atom. The molecule has 2 N–H and O–H groups in total. The minimum absolute atomic E-state index is 0.0643. The normalized spacial score (nSPS) is 10.5. The van der Waals surface area contributed by atoms with Crippen LogP contribution in [0.5, 0.6) is 5.75 Å². The zero-order chi connectivity index (χ0) is 22.8. The van der Waals surface area contributed by atoms with Crippen LogP contribution >= 0.6 is 0 Å². The number of rotatable bonds is 11. The van der Waals surface area contributed by atoms with Crippen molar-refractivity contribution < 1.29 is 14.6 Å². The Kier molecular flexibility index (Phi) is 8.12. The van der Waals surface area contributed by atoms with E-state index in [1.165, 1.54) is 0 Å². The molecule has 8 heteroatoms. The number of hydrogen-bond donors (Lipinski definition) is 2. The topological polar surface area (TPSA) is 111 Å². The number of benzene rings is 2. The van der Waals surface area contributed by atoms with E-state index in [1.54, 1.807) is 24.4 Å². The van der Waals surface area contributed by atoms with Gasteiger partial charge in [-0.2, -0.15) is 5.26 Å². The first-order valence-electron chi connectivity index (χ1n) is 10.2. The Hall–Kier alpha value is -3.96. The molecule has 0 aliphatic carbocycles. The van der Waals surface area contributed by atoms with Gasteiger partial charge in [-0.3, -0.25) is 9.69 Å². The average Bonchev–Trinajstić information content (AvgIpc) is 2.82. The van der Waals surface area contributed by atoms with Gasteiger partial charge in [-0.1, -0.05) is 24.3 Å². The molecule has 0 radical (unpaired) electrons. The van der Waals surface area contributed by atoms with Crippen LogP contribution in [0.2, 0.25) is 0 Å². The third kappa shape index (κ3) is 6.79. The predicted molar refractivity (Wildman–Crippen MR) is 122 cm³/mol. The number of carbonyl (C=O) groups is 1. The molecule has 8 nitrogen and oxygen atoms in total. The largest absolute Gasteiger partial charge is 0.497 e. The number of carboxylic acids is 1. The standard InChI is InChI=1S/C24H25N5O3/c1-32-22-9-5-19(6-10-22)20-15-26-24(27-16-20)28-21-7-3-18(4-8-21)11-14-29(13-2-12-25)17-23(30)31/h3-10,15-16H,2,11,13-14,17H2,1H3,(H,30,31)(H,26,27,28). The van der Waals surface area contributed by atoms with Crippen LogP contribution < -0.4 is 10.1 Å². The Morgan fingerprint density at radius 2 is 1.75 bits per heavy atom. The van der Waals surface area contributed by atoms with Crippen molar-refractivity contribution in [3.63, 3.8) is 0 Å². The van der Waals surface area contributed by atoms with E-state index < -0.39 is 5.97 Å². The van der Waals surface area contributed by atoms with Crippen LogP contribution in [0, 0.1) is 11.3 Å². The maximum atomic E-state index is 11.0. The molecule has 0 aliphatic heterocycles. The number of nitrogens with zero attached hydrogens (tertiary/aromatic N) is 4.